The molecule has 4 heterocycles. The Labute approximate surface area is 165 Å². The Morgan fingerprint density at radius 1 is 1.07 bits per heavy atom. The third-order valence-corrected chi connectivity index (χ3v) is 6.55. The van der Waals surface area contributed by atoms with Gasteiger partial charge in [-0.3, -0.25) is 9.69 Å². The van der Waals surface area contributed by atoms with Crippen LogP contribution in [0.4, 0.5) is 0 Å². The maximum atomic E-state index is 13.2. The van der Waals surface area contributed by atoms with Gasteiger partial charge in [0.1, 0.15) is 5.82 Å². The minimum atomic E-state index is 0.176. The fourth-order valence-electron chi connectivity index (χ4n) is 4.70. The predicted molar refractivity (Wildman–Crippen MR) is 105 cm³/mol. The first kappa shape index (κ1) is 17.8. The van der Waals surface area contributed by atoms with E-state index in [4.69, 9.17) is 0 Å². The Bertz CT molecular complexity index is 843. The molecule has 1 aliphatic carbocycles. The van der Waals surface area contributed by atoms with E-state index in [1.165, 1.54) is 38.8 Å². The van der Waals surface area contributed by atoms with Crippen molar-refractivity contribution in [2.75, 3.05) is 26.2 Å². The van der Waals surface area contributed by atoms with Gasteiger partial charge in [-0.2, -0.15) is 0 Å². The van der Waals surface area contributed by atoms with Gasteiger partial charge in [0, 0.05) is 37.8 Å². The smallest absolute Gasteiger partial charge is 0.253 e. The normalized spacial score (nSPS) is 25.1. The van der Waals surface area contributed by atoms with Gasteiger partial charge in [-0.15, -0.1) is 5.10 Å². The van der Waals surface area contributed by atoms with E-state index in [-0.39, 0.29) is 5.91 Å². The zero-order chi connectivity index (χ0) is 19.1. The third kappa shape index (κ3) is 3.68. The van der Waals surface area contributed by atoms with Crippen LogP contribution >= 0.6 is 0 Å². The lowest BCUT2D eigenvalue weighted by Crippen LogP contribution is -2.45. The highest BCUT2D eigenvalue weighted by Gasteiger charge is 2.38. The van der Waals surface area contributed by atoms with Crippen molar-refractivity contribution in [1.82, 2.24) is 30.0 Å². The summed E-state index contributed by atoms with van der Waals surface area (Å²) >= 11 is 0. The summed E-state index contributed by atoms with van der Waals surface area (Å²) in [4.78, 5) is 17.9. The van der Waals surface area contributed by atoms with Gasteiger partial charge in [0.2, 0.25) is 0 Å². The number of rotatable bonds is 5. The van der Waals surface area contributed by atoms with Gasteiger partial charge < -0.3 is 4.90 Å². The number of amides is 1. The highest BCUT2D eigenvalue weighted by Crippen LogP contribution is 2.35. The van der Waals surface area contributed by atoms with Crippen LogP contribution in [-0.4, -0.2) is 68.1 Å². The zero-order valence-corrected chi connectivity index (χ0v) is 16.5. The second-order valence-electron chi connectivity index (χ2n) is 8.79. The summed E-state index contributed by atoms with van der Waals surface area (Å²) in [6, 6.07) is 8.48. The minimum absolute atomic E-state index is 0.176. The summed E-state index contributed by atoms with van der Waals surface area (Å²) in [5.41, 5.74) is 1.88. The van der Waals surface area contributed by atoms with Crippen molar-refractivity contribution in [1.29, 1.82) is 0 Å². The molecule has 0 N–H and O–H groups in total. The largest absolute Gasteiger partial charge is 0.337 e. The van der Waals surface area contributed by atoms with E-state index in [0.29, 0.717) is 18.5 Å². The Kier molecular flexibility index (Phi) is 4.62. The molecule has 3 saturated heterocycles. The van der Waals surface area contributed by atoms with E-state index in [1.54, 1.807) is 4.68 Å². The first-order valence-corrected chi connectivity index (χ1v) is 10.5. The van der Waals surface area contributed by atoms with Crippen LogP contribution in [0.3, 0.4) is 0 Å². The van der Waals surface area contributed by atoms with E-state index in [1.807, 2.05) is 31.2 Å². The maximum absolute atomic E-state index is 13.2. The molecule has 2 atom stereocenters. The number of carbonyl (C=O) groups excluding carboxylic acids is 1. The summed E-state index contributed by atoms with van der Waals surface area (Å²) in [6.45, 7) is 6.72. The molecule has 7 heteroatoms. The molecule has 4 fully saturated rings. The average molecular weight is 380 g/mol. The number of nitrogens with zero attached hydrogens (tertiary/aromatic N) is 6. The van der Waals surface area contributed by atoms with Gasteiger partial charge in [-0.05, 0) is 72.6 Å². The monoisotopic (exact) mass is 380 g/mol. The highest BCUT2D eigenvalue weighted by atomic mass is 16.2. The van der Waals surface area contributed by atoms with E-state index in [2.05, 4.69) is 25.3 Å². The van der Waals surface area contributed by atoms with Crippen molar-refractivity contribution in [3.8, 4) is 0 Å². The molecule has 1 aromatic heterocycles. The molecule has 4 aliphatic rings. The molecular formula is C21H28N6O. The standard InChI is InChI=1S/C21H28N6O/c1-15-22-23-24-27(15)13-17-4-7-19(8-5-17)21(28)26-12-18-6-9-20(14-26)25(11-18)10-16-2-3-16/h4-5,7-8,16,18,20H,2-3,6,9-14H2,1H3/t18-,20-/m1/s1. The molecule has 2 bridgehead atoms. The summed E-state index contributed by atoms with van der Waals surface area (Å²) in [6.07, 6.45) is 5.30. The number of aromatic nitrogens is 4. The lowest BCUT2D eigenvalue weighted by molar-refractivity contribution is 0.0736. The second kappa shape index (κ2) is 7.28. The van der Waals surface area contributed by atoms with Crippen LogP contribution < -0.4 is 0 Å². The molecular weight excluding hydrogens is 352 g/mol. The molecule has 0 spiro atoms. The molecule has 28 heavy (non-hydrogen) atoms. The number of hydrogen-bond donors (Lipinski definition) is 0. The molecule has 1 saturated carbocycles. The number of piperidine rings is 1. The van der Waals surface area contributed by atoms with Gasteiger partial charge in [0.15, 0.2) is 0 Å². The maximum Gasteiger partial charge on any atom is 0.253 e. The van der Waals surface area contributed by atoms with Crippen LogP contribution in [0.25, 0.3) is 0 Å². The van der Waals surface area contributed by atoms with Crippen LogP contribution in [-0.2, 0) is 6.54 Å². The first-order valence-electron chi connectivity index (χ1n) is 10.5. The molecule has 3 aliphatic heterocycles. The Morgan fingerprint density at radius 3 is 2.61 bits per heavy atom. The molecule has 6 rings (SSSR count). The van der Waals surface area contributed by atoms with Crippen molar-refractivity contribution >= 4 is 5.91 Å². The number of fused-ring (bicyclic) bond motifs is 4. The summed E-state index contributed by atoms with van der Waals surface area (Å²) in [7, 11) is 0. The van der Waals surface area contributed by atoms with Crippen LogP contribution in [0, 0.1) is 18.8 Å². The van der Waals surface area contributed by atoms with Crippen LogP contribution in [0.5, 0.6) is 0 Å². The van der Waals surface area contributed by atoms with Crippen LogP contribution in [0.1, 0.15) is 47.4 Å². The van der Waals surface area contributed by atoms with Gasteiger partial charge in [-0.25, -0.2) is 4.68 Å². The minimum Gasteiger partial charge on any atom is -0.337 e. The van der Waals surface area contributed by atoms with Gasteiger partial charge in [0.25, 0.3) is 5.91 Å². The van der Waals surface area contributed by atoms with Gasteiger partial charge in [0.05, 0.1) is 6.54 Å². The Morgan fingerprint density at radius 2 is 1.89 bits per heavy atom. The number of carbonyl (C=O) groups is 1. The molecule has 2 aromatic rings. The third-order valence-electron chi connectivity index (χ3n) is 6.55. The van der Waals surface area contributed by atoms with Crippen molar-refractivity contribution in [2.24, 2.45) is 11.8 Å². The first-order chi connectivity index (χ1) is 13.7. The summed E-state index contributed by atoms with van der Waals surface area (Å²) in [5, 5.41) is 11.6. The number of benzene rings is 1. The fraction of sp³-hybridized carbons (Fsp3) is 0.619. The molecule has 1 aromatic carbocycles. The van der Waals surface area contributed by atoms with Crippen LogP contribution in [0.2, 0.25) is 0 Å². The van der Waals surface area contributed by atoms with E-state index in [9.17, 15) is 4.79 Å². The number of hydrogen-bond acceptors (Lipinski definition) is 5. The van der Waals surface area contributed by atoms with E-state index < -0.39 is 0 Å². The summed E-state index contributed by atoms with van der Waals surface area (Å²) < 4.78 is 1.76. The van der Waals surface area contributed by atoms with E-state index >= 15 is 0 Å². The Hall–Kier alpha value is -2.28. The SMILES string of the molecule is Cc1nnnn1Cc1ccc(C(=O)N2C[C@@H]3CC[C@H](C2)N(CC2CC2)C3)cc1. The van der Waals surface area contributed by atoms with Crippen molar-refractivity contribution in [3.05, 3.63) is 41.2 Å². The van der Waals surface area contributed by atoms with E-state index in [0.717, 1.165) is 36.0 Å². The second-order valence-corrected chi connectivity index (χ2v) is 8.79. The molecule has 7 nitrogen and oxygen atoms in total. The predicted octanol–water partition coefficient (Wildman–Crippen LogP) is 1.98. The Balaban J connectivity index is 1.26. The van der Waals surface area contributed by atoms with Crippen LogP contribution in [0.15, 0.2) is 24.3 Å². The van der Waals surface area contributed by atoms with Gasteiger partial charge >= 0.3 is 0 Å². The highest BCUT2D eigenvalue weighted by molar-refractivity contribution is 5.94. The lowest BCUT2D eigenvalue weighted by Gasteiger charge is -2.36. The number of aryl methyl sites for hydroxylation is 1. The molecule has 0 radical (unpaired) electrons. The van der Waals surface area contributed by atoms with Gasteiger partial charge in [-0.1, -0.05) is 12.1 Å². The van der Waals surface area contributed by atoms with Crippen molar-refractivity contribution in [2.45, 2.75) is 45.2 Å². The lowest BCUT2D eigenvalue weighted by atomic mass is 9.95. The molecule has 148 valence electrons. The zero-order valence-electron chi connectivity index (χ0n) is 16.5. The molecule has 0 unspecified atom stereocenters. The van der Waals surface area contributed by atoms with Crippen molar-refractivity contribution < 1.29 is 4.79 Å². The van der Waals surface area contributed by atoms with Crippen molar-refractivity contribution in [3.63, 3.8) is 0 Å². The molecule has 1 amide bonds. The topological polar surface area (TPSA) is 67.2 Å². The number of tetrazole rings is 1. The fourth-order valence-corrected chi connectivity index (χ4v) is 4.70. The average Bonchev–Trinajstić information content (AvgIpc) is 3.49. The summed E-state index contributed by atoms with van der Waals surface area (Å²) in [5.74, 6) is 2.51. The quantitative estimate of drug-likeness (QED) is 0.793.